The minimum atomic E-state index is -0.922. The van der Waals surface area contributed by atoms with Crippen LogP contribution >= 0.6 is 0 Å². The molecule has 0 aliphatic carbocycles. The van der Waals surface area contributed by atoms with Crippen molar-refractivity contribution < 1.29 is 9.90 Å². The predicted molar refractivity (Wildman–Crippen MR) is 56.3 cm³/mol. The van der Waals surface area contributed by atoms with Gasteiger partial charge in [0, 0.05) is 11.4 Å². The highest BCUT2D eigenvalue weighted by atomic mass is 16.4. The van der Waals surface area contributed by atoms with Crippen LogP contribution in [-0.4, -0.2) is 30.7 Å². The highest BCUT2D eigenvalue weighted by molar-refractivity contribution is 5.74. The SMILES string of the molecule is Cc1cc(C)n2c(C(C)C(=O)O)nnc2n1. The molecule has 1 unspecified atom stereocenters. The molecule has 6 nitrogen and oxygen atoms in total. The summed E-state index contributed by atoms with van der Waals surface area (Å²) >= 11 is 0. The molecule has 0 radical (unpaired) electrons. The monoisotopic (exact) mass is 220 g/mol. The molecule has 1 atom stereocenters. The van der Waals surface area contributed by atoms with E-state index in [1.54, 1.807) is 11.3 Å². The lowest BCUT2D eigenvalue weighted by atomic mass is 10.2. The van der Waals surface area contributed by atoms with E-state index < -0.39 is 11.9 Å². The molecule has 2 aromatic rings. The molecule has 0 saturated heterocycles. The second-order valence-corrected chi connectivity index (χ2v) is 3.79. The molecular weight excluding hydrogens is 208 g/mol. The molecule has 0 bridgehead atoms. The van der Waals surface area contributed by atoms with Crippen molar-refractivity contribution in [1.82, 2.24) is 19.6 Å². The smallest absolute Gasteiger partial charge is 0.313 e. The Kier molecular flexibility index (Phi) is 2.34. The van der Waals surface area contributed by atoms with E-state index in [2.05, 4.69) is 15.2 Å². The number of carboxylic acid groups (broad SMARTS) is 1. The molecule has 0 spiro atoms. The fourth-order valence-corrected chi connectivity index (χ4v) is 1.65. The van der Waals surface area contributed by atoms with Gasteiger partial charge in [0.1, 0.15) is 5.92 Å². The van der Waals surface area contributed by atoms with Crippen LogP contribution in [0, 0.1) is 13.8 Å². The van der Waals surface area contributed by atoms with Crippen LogP contribution in [0.4, 0.5) is 0 Å². The molecular formula is C10H12N4O2. The first kappa shape index (κ1) is 10.5. The third kappa shape index (κ3) is 1.52. The van der Waals surface area contributed by atoms with Gasteiger partial charge in [-0.05, 0) is 26.8 Å². The van der Waals surface area contributed by atoms with Crippen LogP contribution in [0.5, 0.6) is 0 Å². The van der Waals surface area contributed by atoms with Crippen molar-refractivity contribution in [2.24, 2.45) is 0 Å². The Labute approximate surface area is 92.0 Å². The van der Waals surface area contributed by atoms with E-state index in [1.165, 1.54) is 0 Å². The minimum Gasteiger partial charge on any atom is -0.481 e. The summed E-state index contributed by atoms with van der Waals surface area (Å²) in [7, 11) is 0. The lowest BCUT2D eigenvalue weighted by Crippen LogP contribution is -2.12. The molecule has 84 valence electrons. The third-order valence-corrected chi connectivity index (χ3v) is 2.48. The van der Waals surface area contributed by atoms with Gasteiger partial charge in [0.05, 0.1) is 0 Å². The van der Waals surface area contributed by atoms with Crippen LogP contribution in [-0.2, 0) is 4.79 Å². The van der Waals surface area contributed by atoms with Crippen LogP contribution < -0.4 is 0 Å². The predicted octanol–water partition coefficient (Wildman–Crippen LogP) is 0.929. The van der Waals surface area contributed by atoms with Gasteiger partial charge < -0.3 is 5.11 Å². The normalized spacial score (nSPS) is 12.9. The van der Waals surface area contributed by atoms with Crippen molar-refractivity contribution in [3.63, 3.8) is 0 Å². The van der Waals surface area contributed by atoms with E-state index in [-0.39, 0.29) is 0 Å². The molecule has 0 saturated carbocycles. The summed E-state index contributed by atoms with van der Waals surface area (Å²) in [6, 6.07) is 1.87. The summed E-state index contributed by atoms with van der Waals surface area (Å²) in [5.74, 6) is -0.763. The highest BCUT2D eigenvalue weighted by Gasteiger charge is 2.21. The zero-order valence-electron chi connectivity index (χ0n) is 9.30. The molecule has 2 rings (SSSR count). The van der Waals surface area contributed by atoms with Crippen LogP contribution in [0.1, 0.15) is 30.1 Å². The van der Waals surface area contributed by atoms with Crippen molar-refractivity contribution >= 4 is 11.7 Å². The van der Waals surface area contributed by atoms with Crippen molar-refractivity contribution in [2.75, 3.05) is 0 Å². The number of aryl methyl sites for hydroxylation is 2. The summed E-state index contributed by atoms with van der Waals surface area (Å²) in [6.45, 7) is 5.32. The molecule has 0 aliphatic heterocycles. The number of aromatic nitrogens is 4. The average Bonchev–Trinajstić information content (AvgIpc) is 2.59. The standard InChI is InChI=1S/C10H12N4O2/c1-5-4-6(2)14-8(7(3)9(15)16)12-13-10(14)11-5/h4,7H,1-3H3,(H,15,16). The molecule has 6 heteroatoms. The molecule has 1 N–H and O–H groups in total. The Morgan fingerprint density at radius 3 is 2.75 bits per heavy atom. The number of carbonyl (C=O) groups is 1. The van der Waals surface area contributed by atoms with Gasteiger partial charge in [-0.15, -0.1) is 10.2 Å². The maximum absolute atomic E-state index is 10.9. The van der Waals surface area contributed by atoms with Gasteiger partial charge in [0.25, 0.3) is 5.78 Å². The Morgan fingerprint density at radius 2 is 2.12 bits per heavy atom. The van der Waals surface area contributed by atoms with E-state index in [0.717, 1.165) is 11.4 Å². The fraction of sp³-hybridized carbons (Fsp3) is 0.400. The van der Waals surface area contributed by atoms with Crippen molar-refractivity contribution in [1.29, 1.82) is 0 Å². The van der Waals surface area contributed by atoms with E-state index in [4.69, 9.17) is 5.11 Å². The van der Waals surface area contributed by atoms with Gasteiger partial charge in [-0.2, -0.15) is 0 Å². The number of carboxylic acids is 1. The number of fused-ring (bicyclic) bond motifs is 1. The van der Waals surface area contributed by atoms with Crippen molar-refractivity contribution in [3.8, 4) is 0 Å². The lowest BCUT2D eigenvalue weighted by Gasteiger charge is -2.06. The number of aliphatic carboxylic acids is 1. The van der Waals surface area contributed by atoms with Crippen LogP contribution in [0.3, 0.4) is 0 Å². The average molecular weight is 220 g/mol. The number of hydrogen-bond donors (Lipinski definition) is 1. The Balaban J connectivity index is 2.69. The third-order valence-electron chi connectivity index (χ3n) is 2.48. The molecule has 16 heavy (non-hydrogen) atoms. The van der Waals surface area contributed by atoms with E-state index in [0.29, 0.717) is 11.6 Å². The Morgan fingerprint density at radius 1 is 1.44 bits per heavy atom. The zero-order chi connectivity index (χ0) is 11.9. The first-order valence-electron chi connectivity index (χ1n) is 4.93. The van der Waals surface area contributed by atoms with Crippen molar-refractivity contribution in [2.45, 2.75) is 26.7 Å². The first-order chi connectivity index (χ1) is 7.50. The summed E-state index contributed by atoms with van der Waals surface area (Å²) in [5, 5.41) is 16.7. The van der Waals surface area contributed by atoms with Gasteiger partial charge in [-0.1, -0.05) is 0 Å². The molecule has 2 heterocycles. The molecule has 0 aromatic carbocycles. The quantitative estimate of drug-likeness (QED) is 0.814. The number of hydrogen-bond acceptors (Lipinski definition) is 4. The maximum Gasteiger partial charge on any atom is 0.313 e. The van der Waals surface area contributed by atoms with E-state index >= 15 is 0 Å². The van der Waals surface area contributed by atoms with Crippen LogP contribution in [0.15, 0.2) is 6.07 Å². The topological polar surface area (TPSA) is 80.4 Å². The van der Waals surface area contributed by atoms with Gasteiger partial charge in [0.2, 0.25) is 0 Å². The second kappa shape index (κ2) is 3.55. The minimum absolute atomic E-state index is 0.410. The van der Waals surface area contributed by atoms with E-state index in [1.807, 2.05) is 19.9 Å². The van der Waals surface area contributed by atoms with Gasteiger partial charge in [0.15, 0.2) is 5.82 Å². The lowest BCUT2D eigenvalue weighted by molar-refractivity contribution is -0.138. The Bertz CT molecular complexity index is 561. The van der Waals surface area contributed by atoms with Crippen molar-refractivity contribution in [3.05, 3.63) is 23.3 Å². The largest absolute Gasteiger partial charge is 0.481 e. The summed E-state index contributed by atoms with van der Waals surface area (Å²) in [4.78, 5) is 15.1. The fourth-order valence-electron chi connectivity index (χ4n) is 1.65. The summed E-state index contributed by atoms with van der Waals surface area (Å²) in [5.41, 5.74) is 1.72. The highest BCUT2D eigenvalue weighted by Crippen LogP contribution is 2.16. The molecule has 0 aliphatic rings. The maximum atomic E-state index is 10.9. The number of rotatable bonds is 2. The Hall–Kier alpha value is -1.98. The van der Waals surface area contributed by atoms with E-state index in [9.17, 15) is 4.79 Å². The number of nitrogens with zero attached hydrogens (tertiary/aromatic N) is 4. The molecule has 0 amide bonds. The van der Waals surface area contributed by atoms with Gasteiger partial charge in [-0.25, -0.2) is 4.98 Å². The van der Waals surface area contributed by atoms with Crippen LogP contribution in [0.2, 0.25) is 0 Å². The molecule has 2 aromatic heterocycles. The van der Waals surface area contributed by atoms with Gasteiger partial charge in [-0.3, -0.25) is 9.20 Å². The summed E-state index contributed by atoms with van der Waals surface area (Å²) < 4.78 is 1.67. The zero-order valence-corrected chi connectivity index (χ0v) is 9.30. The first-order valence-corrected chi connectivity index (χ1v) is 4.93. The molecule has 0 fully saturated rings. The van der Waals surface area contributed by atoms with Gasteiger partial charge >= 0.3 is 5.97 Å². The van der Waals surface area contributed by atoms with Crippen LogP contribution in [0.25, 0.3) is 5.78 Å². The summed E-state index contributed by atoms with van der Waals surface area (Å²) in [6.07, 6.45) is 0. The second-order valence-electron chi connectivity index (χ2n) is 3.79.